The molecule has 10 heteroatoms. The number of thioether (sulfide) groups is 1. The van der Waals surface area contributed by atoms with Gasteiger partial charge in [-0.25, -0.2) is 0 Å². The minimum absolute atomic E-state index is 0.00976. The summed E-state index contributed by atoms with van der Waals surface area (Å²) < 4.78 is 1.44. The number of hydrogen-bond donors (Lipinski definition) is 1. The van der Waals surface area contributed by atoms with Crippen LogP contribution in [0.15, 0.2) is 106 Å². The molecule has 1 fully saturated rings. The minimum Gasteiger partial charge on any atom is -0.507 e. The Kier molecular flexibility index (Phi) is 6.99. The molecule has 0 aliphatic carbocycles. The van der Waals surface area contributed by atoms with E-state index >= 15 is 0 Å². The topological polar surface area (TPSA) is 96.3 Å². The van der Waals surface area contributed by atoms with E-state index < -0.39 is 17.7 Å². The molecule has 0 saturated carbocycles. The molecule has 1 aliphatic rings. The normalized spacial score (nSPS) is 16.7. The number of aliphatic hydroxyl groups is 1. The van der Waals surface area contributed by atoms with E-state index in [9.17, 15) is 14.7 Å². The SMILES string of the molecule is O=C1C(=O)N(c2nnc(SCc3cccc4ccccc34)s2)C(c2cccc(Br)c2)C1=C(O)c1ccncc1. The lowest BCUT2D eigenvalue weighted by molar-refractivity contribution is -0.132. The number of aliphatic hydroxyl groups excluding tert-OH is 1. The molecule has 7 nitrogen and oxygen atoms in total. The number of halogens is 1. The Bertz CT molecular complexity index is 1750. The predicted molar refractivity (Wildman–Crippen MR) is 157 cm³/mol. The lowest BCUT2D eigenvalue weighted by Gasteiger charge is -2.22. The Labute approximate surface area is 240 Å². The van der Waals surface area contributed by atoms with Gasteiger partial charge < -0.3 is 5.11 Å². The molecule has 3 heterocycles. The first-order chi connectivity index (χ1) is 19.0. The molecular formula is C29H19BrN4O3S2. The summed E-state index contributed by atoms with van der Waals surface area (Å²) in [7, 11) is 0. The Morgan fingerprint density at radius 3 is 2.56 bits per heavy atom. The maximum atomic E-state index is 13.4. The van der Waals surface area contributed by atoms with Gasteiger partial charge in [0, 0.05) is 28.2 Å². The van der Waals surface area contributed by atoms with Gasteiger partial charge in [-0.05, 0) is 46.2 Å². The summed E-state index contributed by atoms with van der Waals surface area (Å²) in [5, 5.41) is 22.4. The van der Waals surface area contributed by atoms with E-state index in [0.717, 1.165) is 4.47 Å². The van der Waals surface area contributed by atoms with Crippen LogP contribution in [0.2, 0.25) is 0 Å². The van der Waals surface area contributed by atoms with Crippen molar-refractivity contribution >= 4 is 72.4 Å². The van der Waals surface area contributed by atoms with Crippen molar-refractivity contribution in [3.63, 3.8) is 0 Å². The van der Waals surface area contributed by atoms with Crippen molar-refractivity contribution in [3.05, 3.63) is 118 Å². The van der Waals surface area contributed by atoms with Crippen LogP contribution in [0, 0.1) is 0 Å². The highest BCUT2D eigenvalue weighted by Gasteiger charge is 2.48. The number of ketones is 1. The van der Waals surface area contributed by atoms with Gasteiger partial charge in [0.1, 0.15) is 5.76 Å². The highest BCUT2D eigenvalue weighted by Crippen LogP contribution is 2.44. The van der Waals surface area contributed by atoms with Crippen LogP contribution >= 0.6 is 39.0 Å². The number of carbonyl (C=O) groups is 2. The number of Topliss-reactive ketones (excluding diaryl/α,β-unsaturated/α-hetero) is 1. The smallest absolute Gasteiger partial charge is 0.301 e. The second kappa shape index (κ2) is 10.7. The molecule has 192 valence electrons. The molecule has 2 aromatic heterocycles. The largest absolute Gasteiger partial charge is 0.507 e. The van der Waals surface area contributed by atoms with Crippen LogP contribution in [0.25, 0.3) is 16.5 Å². The number of hydrogen-bond acceptors (Lipinski definition) is 8. The second-order valence-electron chi connectivity index (χ2n) is 8.74. The fourth-order valence-electron chi connectivity index (χ4n) is 4.60. The van der Waals surface area contributed by atoms with Gasteiger partial charge in [-0.2, -0.15) is 0 Å². The molecule has 0 bridgehead atoms. The van der Waals surface area contributed by atoms with Crippen molar-refractivity contribution < 1.29 is 14.7 Å². The van der Waals surface area contributed by atoms with Crippen molar-refractivity contribution in [1.29, 1.82) is 0 Å². The summed E-state index contributed by atoms with van der Waals surface area (Å²) in [5.74, 6) is -1.14. The van der Waals surface area contributed by atoms with E-state index in [2.05, 4.69) is 55.4 Å². The third-order valence-electron chi connectivity index (χ3n) is 6.40. The summed E-state index contributed by atoms with van der Waals surface area (Å²) in [6, 6.07) is 24.0. The van der Waals surface area contributed by atoms with Gasteiger partial charge in [0.15, 0.2) is 4.34 Å². The van der Waals surface area contributed by atoms with Crippen molar-refractivity contribution in [2.75, 3.05) is 4.90 Å². The molecule has 0 radical (unpaired) electrons. The molecule has 3 aromatic carbocycles. The highest BCUT2D eigenvalue weighted by atomic mass is 79.9. The number of aromatic nitrogens is 3. The maximum absolute atomic E-state index is 13.4. The van der Waals surface area contributed by atoms with E-state index in [0.29, 0.717) is 21.2 Å². The summed E-state index contributed by atoms with van der Waals surface area (Å²) >= 11 is 6.24. The first kappa shape index (κ1) is 25.4. The number of amides is 1. The van der Waals surface area contributed by atoms with Crippen molar-refractivity contribution in [3.8, 4) is 0 Å². The summed E-state index contributed by atoms with van der Waals surface area (Å²) in [4.78, 5) is 32.0. The average Bonchev–Trinajstić information content (AvgIpc) is 3.54. The number of fused-ring (bicyclic) bond motifs is 1. The average molecular weight is 616 g/mol. The third-order valence-corrected chi connectivity index (χ3v) is 8.99. The highest BCUT2D eigenvalue weighted by molar-refractivity contribution is 9.10. The molecule has 1 N–H and O–H groups in total. The van der Waals surface area contributed by atoms with Crippen LogP contribution in [0.5, 0.6) is 0 Å². The Morgan fingerprint density at radius 2 is 1.74 bits per heavy atom. The quantitative estimate of drug-likeness (QED) is 0.0741. The Balaban J connectivity index is 1.37. The number of rotatable bonds is 6. The van der Waals surface area contributed by atoms with Gasteiger partial charge in [-0.3, -0.25) is 19.5 Å². The maximum Gasteiger partial charge on any atom is 0.301 e. The Hall–Kier alpha value is -3.86. The number of carbonyl (C=O) groups excluding carboxylic acids is 2. The molecule has 1 saturated heterocycles. The van der Waals surface area contributed by atoms with Crippen LogP contribution in [-0.2, 0) is 15.3 Å². The van der Waals surface area contributed by atoms with Crippen LogP contribution in [0.3, 0.4) is 0 Å². The number of pyridine rings is 1. The molecule has 1 aliphatic heterocycles. The number of benzene rings is 3. The lowest BCUT2D eigenvalue weighted by Crippen LogP contribution is -2.29. The molecule has 0 spiro atoms. The van der Waals surface area contributed by atoms with Gasteiger partial charge in [0.05, 0.1) is 11.6 Å². The van der Waals surface area contributed by atoms with Crippen molar-refractivity contribution in [1.82, 2.24) is 15.2 Å². The van der Waals surface area contributed by atoms with Gasteiger partial charge in [-0.15, -0.1) is 10.2 Å². The second-order valence-corrected chi connectivity index (χ2v) is 11.8. The summed E-state index contributed by atoms with van der Waals surface area (Å²) in [5.41, 5.74) is 2.21. The van der Waals surface area contributed by atoms with Gasteiger partial charge in [0.2, 0.25) is 5.13 Å². The monoisotopic (exact) mass is 614 g/mol. The molecule has 1 atom stereocenters. The van der Waals surface area contributed by atoms with Crippen molar-refractivity contribution in [2.45, 2.75) is 16.1 Å². The fourth-order valence-corrected chi connectivity index (χ4v) is 6.89. The first-order valence-corrected chi connectivity index (χ1v) is 14.5. The van der Waals surface area contributed by atoms with E-state index in [1.54, 1.807) is 12.1 Å². The van der Waals surface area contributed by atoms with Crippen LogP contribution < -0.4 is 4.90 Å². The lowest BCUT2D eigenvalue weighted by atomic mass is 9.96. The van der Waals surface area contributed by atoms with E-state index in [-0.39, 0.29) is 16.5 Å². The van der Waals surface area contributed by atoms with Gasteiger partial charge in [-0.1, -0.05) is 93.6 Å². The number of nitrogens with zero attached hydrogens (tertiary/aromatic N) is 4. The standard InChI is InChI=1S/C29H19BrN4O3S2/c30-21-9-4-7-19(15-21)24-23(25(35)18-11-13-31-14-12-18)26(36)27(37)34(24)28-32-33-29(39-28)38-16-20-8-3-6-17-5-1-2-10-22(17)20/h1-15,24,35H,16H2. The zero-order valence-corrected chi connectivity index (χ0v) is 23.4. The molecule has 39 heavy (non-hydrogen) atoms. The fraction of sp³-hybridized carbons (Fsp3) is 0.0690. The zero-order chi connectivity index (χ0) is 26.9. The minimum atomic E-state index is -0.875. The van der Waals surface area contributed by atoms with Gasteiger partial charge in [0.25, 0.3) is 5.78 Å². The predicted octanol–water partition coefficient (Wildman–Crippen LogP) is 6.77. The summed E-state index contributed by atoms with van der Waals surface area (Å²) in [6.45, 7) is 0. The van der Waals surface area contributed by atoms with Crippen LogP contribution in [-0.4, -0.2) is 32.0 Å². The molecule has 5 aromatic rings. The zero-order valence-electron chi connectivity index (χ0n) is 20.2. The van der Waals surface area contributed by atoms with E-state index in [4.69, 9.17) is 0 Å². The van der Waals surface area contributed by atoms with Crippen LogP contribution in [0.1, 0.15) is 22.7 Å². The number of anilines is 1. The van der Waals surface area contributed by atoms with Crippen molar-refractivity contribution in [2.24, 2.45) is 0 Å². The van der Waals surface area contributed by atoms with Crippen LogP contribution in [0.4, 0.5) is 5.13 Å². The molecule has 1 amide bonds. The molecular weight excluding hydrogens is 596 g/mol. The summed E-state index contributed by atoms with van der Waals surface area (Å²) in [6.07, 6.45) is 3.03. The first-order valence-electron chi connectivity index (χ1n) is 11.9. The van der Waals surface area contributed by atoms with E-state index in [1.165, 1.54) is 56.7 Å². The third kappa shape index (κ3) is 4.87. The Morgan fingerprint density at radius 1 is 0.974 bits per heavy atom. The van der Waals surface area contributed by atoms with E-state index in [1.807, 2.05) is 42.5 Å². The molecule has 6 rings (SSSR count). The van der Waals surface area contributed by atoms with Gasteiger partial charge >= 0.3 is 5.91 Å². The molecule has 1 unspecified atom stereocenters.